The number of guanidine groups is 1. The smallest absolute Gasteiger partial charge is 0.194 e. The number of aryl methyl sites for hydroxylation is 1. The van der Waals surface area contributed by atoms with Gasteiger partial charge in [-0.25, -0.2) is 9.37 Å². The molecule has 0 aliphatic rings. The first-order chi connectivity index (χ1) is 12.1. The Morgan fingerprint density at radius 3 is 2.76 bits per heavy atom. The number of hydrogen-bond acceptors (Lipinski definition) is 4. The van der Waals surface area contributed by atoms with Crippen molar-refractivity contribution in [3.63, 3.8) is 0 Å². The maximum absolute atomic E-state index is 12.8. The Morgan fingerprint density at radius 2 is 2.12 bits per heavy atom. The zero-order chi connectivity index (χ0) is 18.1. The van der Waals surface area contributed by atoms with E-state index in [1.54, 1.807) is 23.5 Å². The molecule has 0 amide bonds. The molecule has 7 heteroatoms. The summed E-state index contributed by atoms with van der Waals surface area (Å²) in [6.07, 6.45) is 0.788. The number of ether oxygens (including phenoxy) is 1. The Balaban J connectivity index is 1.78. The summed E-state index contributed by atoms with van der Waals surface area (Å²) < 4.78 is 18.4. The number of rotatable bonds is 8. The molecule has 0 atom stereocenters. The lowest BCUT2D eigenvalue weighted by Gasteiger charge is -2.21. The molecule has 0 aliphatic heterocycles. The van der Waals surface area contributed by atoms with Crippen LogP contribution in [0.3, 0.4) is 0 Å². The summed E-state index contributed by atoms with van der Waals surface area (Å²) in [6, 6.07) is 6.05. The second kappa shape index (κ2) is 9.98. The minimum Gasteiger partial charge on any atom is -0.494 e. The largest absolute Gasteiger partial charge is 0.494 e. The normalized spacial score (nSPS) is 11.4. The summed E-state index contributed by atoms with van der Waals surface area (Å²) in [5, 5.41) is 6.44. The van der Waals surface area contributed by atoms with Gasteiger partial charge in [-0.1, -0.05) is 0 Å². The second-order valence-corrected chi connectivity index (χ2v) is 6.67. The van der Waals surface area contributed by atoms with Crippen LogP contribution >= 0.6 is 11.3 Å². The van der Waals surface area contributed by atoms with Crippen molar-refractivity contribution in [1.82, 2.24) is 15.2 Å². The van der Waals surface area contributed by atoms with Crippen molar-refractivity contribution in [3.8, 4) is 5.75 Å². The Hall–Kier alpha value is -2.15. The fraction of sp³-hybridized carbons (Fsp3) is 0.444. The van der Waals surface area contributed by atoms with Crippen LogP contribution in [0.2, 0.25) is 0 Å². The molecule has 1 aromatic heterocycles. The number of nitrogens with zero attached hydrogens (tertiary/aromatic N) is 3. The third kappa shape index (κ3) is 6.70. The zero-order valence-electron chi connectivity index (χ0n) is 15.0. The monoisotopic (exact) mass is 364 g/mol. The second-order valence-electron chi connectivity index (χ2n) is 5.61. The van der Waals surface area contributed by atoms with Gasteiger partial charge in [0.05, 0.1) is 23.9 Å². The topological polar surface area (TPSA) is 49.8 Å². The highest BCUT2D eigenvalue weighted by molar-refractivity contribution is 7.09. The third-order valence-corrected chi connectivity index (χ3v) is 4.23. The van der Waals surface area contributed by atoms with E-state index in [4.69, 9.17) is 4.74 Å². The number of thiazole rings is 1. The molecule has 0 saturated carbocycles. The highest BCUT2D eigenvalue weighted by Crippen LogP contribution is 2.11. The van der Waals surface area contributed by atoms with Crippen LogP contribution in [0.15, 0.2) is 34.6 Å². The predicted octanol–water partition coefficient (Wildman–Crippen LogP) is 3.46. The van der Waals surface area contributed by atoms with Gasteiger partial charge in [-0.05, 0) is 38.1 Å². The number of aliphatic imine (C=N–C) groups is 1. The molecule has 0 bridgehead atoms. The Labute approximate surface area is 152 Å². The fourth-order valence-corrected chi connectivity index (χ4v) is 2.84. The van der Waals surface area contributed by atoms with E-state index >= 15 is 0 Å². The molecule has 2 rings (SSSR count). The lowest BCUT2D eigenvalue weighted by molar-refractivity contribution is 0.312. The molecule has 136 valence electrons. The van der Waals surface area contributed by atoms with Gasteiger partial charge in [0.25, 0.3) is 0 Å². The first-order valence-electron chi connectivity index (χ1n) is 8.37. The lowest BCUT2D eigenvalue weighted by Crippen LogP contribution is -2.38. The molecule has 1 heterocycles. The average Bonchev–Trinajstić information content (AvgIpc) is 3.00. The van der Waals surface area contributed by atoms with Gasteiger partial charge in [0.15, 0.2) is 5.96 Å². The van der Waals surface area contributed by atoms with Gasteiger partial charge < -0.3 is 15.0 Å². The standard InChI is InChI=1S/C18H25FN4OS/c1-4-20-18(23(3)12-16-13-25-14(2)22-16)21-10-5-11-24-17-8-6-15(19)7-9-17/h6-9,13H,4-5,10-12H2,1-3H3,(H,20,21). The Bertz CT molecular complexity index is 672. The number of hydrogen-bond donors (Lipinski definition) is 1. The van der Waals surface area contributed by atoms with Gasteiger partial charge in [-0.2, -0.15) is 0 Å². The molecular weight excluding hydrogens is 339 g/mol. The van der Waals surface area contributed by atoms with Gasteiger partial charge in [-0.3, -0.25) is 4.99 Å². The van der Waals surface area contributed by atoms with Crippen LogP contribution in [0.1, 0.15) is 24.0 Å². The van der Waals surface area contributed by atoms with Crippen LogP contribution in [0.25, 0.3) is 0 Å². The summed E-state index contributed by atoms with van der Waals surface area (Å²) in [5.41, 5.74) is 1.05. The maximum atomic E-state index is 12.8. The first-order valence-corrected chi connectivity index (χ1v) is 9.25. The minimum absolute atomic E-state index is 0.259. The van der Waals surface area contributed by atoms with Crippen molar-refractivity contribution in [2.45, 2.75) is 26.8 Å². The Kier molecular flexibility index (Phi) is 7.66. The van der Waals surface area contributed by atoms with Crippen molar-refractivity contribution >= 4 is 17.3 Å². The number of benzene rings is 1. The quantitative estimate of drug-likeness (QED) is 0.443. The van der Waals surface area contributed by atoms with E-state index in [1.165, 1.54) is 12.1 Å². The van der Waals surface area contributed by atoms with E-state index in [9.17, 15) is 4.39 Å². The van der Waals surface area contributed by atoms with E-state index in [0.717, 1.165) is 36.2 Å². The molecule has 1 aromatic carbocycles. The van der Waals surface area contributed by atoms with Crippen LogP contribution in [0, 0.1) is 12.7 Å². The zero-order valence-corrected chi connectivity index (χ0v) is 15.8. The maximum Gasteiger partial charge on any atom is 0.194 e. The van der Waals surface area contributed by atoms with E-state index in [-0.39, 0.29) is 5.82 Å². The summed E-state index contributed by atoms with van der Waals surface area (Å²) in [5.74, 6) is 1.27. The van der Waals surface area contributed by atoms with Crippen molar-refractivity contribution in [1.29, 1.82) is 0 Å². The summed E-state index contributed by atoms with van der Waals surface area (Å²) >= 11 is 1.66. The highest BCUT2D eigenvalue weighted by Gasteiger charge is 2.08. The van der Waals surface area contributed by atoms with Crippen molar-refractivity contribution in [2.24, 2.45) is 4.99 Å². The number of halogens is 1. The van der Waals surface area contributed by atoms with Crippen LogP contribution in [-0.2, 0) is 6.54 Å². The molecule has 0 aliphatic carbocycles. The molecule has 25 heavy (non-hydrogen) atoms. The van der Waals surface area contributed by atoms with Crippen LogP contribution in [-0.4, -0.2) is 42.6 Å². The molecule has 0 radical (unpaired) electrons. The predicted molar refractivity (Wildman–Crippen MR) is 101 cm³/mol. The van der Waals surface area contributed by atoms with Crippen molar-refractivity contribution < 1.29 is 9.13 Å². The van der Waals surface area contributed by atoms with Crippen molar-refractivity contribution in [2.75, 3.05) is 26.7 Å². The van der Waals surface area contributed by atoms with Gasteiger partial charge in [0.2, 0.25) is 0 Å². The van der Waals surface area contributed by atoms with Gasteiger partial charge >= 0.3 is 0 Å². The van der Waals surface area contributed by atoms with Crippen LogP contribution in [0.4, 0.5) is 4.39 Å². The van der Waals surface area contributed by atoms with Crippen molar-refractivity contribution in [3.05, 3.63) is 46.2 Å². The van der Waals surface area contributed by atoms with Crippen LogP contribution < -0.4 is 10.1 Å². The molecule has 0 fully saturated rings. The SMILES string of the molecule is CCNC(=NCCCOc1ccc(F)cc1)N(C)Cc1csc(C)n1. The lowest BCUT2D eigenvalue weighted by atomic mass is 10.3. The van der Waals surface area contributed by atoms with E-state index in [2.05, 4.69) is 25.6 Å². The van der Waals surface area contributed by atoms with E-state index in [0.29, 0.717) is 18.9 Å². The summed E-state index contributed by atoms with van der Waals surface area (Å²) in [6.45, 7) is 6.80. The minimum atomic E-state index is -0.259. The van der Waals surface area contributed by atoms with E-state index in [1.807, 2.05) is 20.9 Å². The average molecular weight is 364 g/mol. The van der Waals surface area contributed by atoms with Gasteiger partial charge in [0.1, 0.15) is 11.6 Å². The number of nitrogens with one attached hydrogen (secondary N) is 1. The molecule has 0 unspecified atom stereocenters. The number of aromatic nitrogens is 1. The summed E-state index contributed by atoms with van der Waals surface area (Å²) in [4.78, 5) is 11.2. The fourth-order valence-electron chi connectivity index (χ4n) is 2.24. The molecular formula is C18H25FN4OS. The third-order valence-electron chi connectivity index (χ3n) is 3.41. The first kappa shape index (κ1) is 19.2. The molecule has 0 spiro atoms. The van der Waals surface area contributed by atoms with Gasteiger partial charge in [0, 0.05) is 31.9 Å². The summed E-state index contributed by atoms with van der Waals surface area (Å²) in [7, 11) is 2.01. The van der Waals surface area contributed by atoms with Crippen LogP contribution in [0.5, 0.6) is 5.75 Å². The molecule has 1 N–H and O–H groups in total. The highest BCUT2D eigenvalue weighted by atomic mass is 32.1. The van der Waals surface area contributed by atoms with E-state index < -0.39 is 0 Å². The molecule has 5 nitrogen and oxygen atoms in total. The molecule has 0 saturated heterocycles. The van der Waals surface area contributed by atoms with Gasteiger partial charge in [-0.15, -0.1) is 11.3 Å². The Morgan fingerprint density at radius 1 is 1.36 bits per heavy atom. The molecule has 2 aromatic rings.